The Hall–Kier alpha value is -2.64. The van der Waals surface area contributed by atoms with E-state index in [9.17, 15) is 0 Å². The van der Waals surface area contributed by atoms with Gasteiger partial charge in [-0.2, -0.15) is 0 Å². The zero-order chi connectivity index (χ0) is 15.4. The van der Waals surface area contributed by atoms with Gasteiger partial charge in [0.25, 0.3) is 0 Å². The number of nitrogens with zero attached hydrogens (tertiary/aromatic N) is 1. The molecule has 0 unspecified atom stereocenters. The Morgan fingerprint density at radius 3 is 2.17 bits per heavy atom. The quantitative estimate of drug-likeness (QED) is 0.240. The topological polar surface area (TPSA) is 12.9 Å². The molecule has 0 amide bonds. The van der Waals surface area contributed by atoms with Crippen LogP contribution in [0.1, 0.15) is 0 Å². The summed E-state index contributed by atoms with van der Waals surface area (Å²) in [5.41, 5.74) is 0.936. The molecule has 0 bridgehead atoms. The van der Waals surface area contributed by atoms with Crippen molar-refractivity contribution in [2.24, 2.45) is 0 Å². The highest BCUT2D eigenvalue weighted by molar-refractivity contribution is 6.38. The summed E-state index contributed by atoms with van der Waals surface area (Å²) in [6, 6.07) is 25.3. The van der Waals surface area contributed by atoms with Crippen molar-refractivity contribution in [3.63, 3.8) is 0 Å². The molecule has 1 nitrogen and oxygen atoms in total. The Balaban J connectivity index is 2.21. The monoisotopic (exact) mass is 313 g/mol. The third kappa shape index (κ3) is 1.77. The molecule has 1 aromatic heterocycles. The minimum atomic E-state index is 0.563. The van der Waals surface area contributed by atoms with Gasteiger partial charge in [-0.15, -0.1) is 0 Å². The molecular formula is C21H12ClN. The van der Waals surface area contributed by atoms with Crippen LogP contribution in [-0.4, -0.2) is 4.98 Å². The first kappa shape index (κ1) is 12.9. The molecule has 0 saturated heterocycles. The maximum atomic E-state index is 6.48. The van der Waals surface area contributed by atoms with Crippen LogP contribution >= 0.6 is 11.6 Å². The summed E-state index contributed by atoms with van der Waals surface area (Å²) in [6.07, 6.45) is 0. The Kier molecular flexibility index (Phi) is 2.61. The van der Waals surface area contributed by atoms with Crippen LogP contribution in [0.25, 0.3) is 43.2 Å². The first-order valence-corrected chi connectivity index (χ1v) is 7.99. The maximum absolute atomic E-state index is 6.48. The molecule has 0 aliphatic heterocycles. The molecule has 108 valence electrons. The van der Waals surface area contributed by atoms with E-state index < -0.39 is 0 Å². The summed E-state index contributed by atoms with van der Waals surface area (Å²) < 4.78 is 0. The van der Waals surface area contributed by atoms with E-state index in [1.165, 1.54) is 26.9 Å². The van der Waals surface area contributed by atoms with E-state index in [0.717, 1.165) is 16.3 Å². The summed E-state index contributed by atoms with van der Waals surface area (Å²) in [7, 11) is 0. The molecule has 0 saturated carbocycles. The molecular weight excluding hydrogens is 302 g/mol. The Labute approximate surface area is 138 Å². The lowest BCUT2D eigenvalue weighted by molar-refractivity contribution is 1.45. The normalized spacial score (nSPS) is 11.7. The predicted molar refractivity (Wildman–Crippen MR) is 99.3 cm³/mol. The van der Waals surface area contributed by atoms with Crippen LogP contribution in [0.5, 0.6) is 0 Å². The van der Waals surface area contributed by atoms with Crippen molar-refractivity contribution in [1.82, 2.24) is 4.98 Å². The highest BCUT2D eigenvalue weighted by Gasteiger charge is 2.11. The van der Waals surface area contributed by atoms with Gasteiger partial charge in [0, 0.05) is 16.2 Å². The van der Waals surface area contributed by atoms with Crippen LogP contribution in [-0.2, 0) is 0 Å². The van der Waals surface area contributed by atoms with E-state index >= 15 is 0 Å². The van der Waals surface area contributed by atoms with Crippen LogP contribution in [0.15, 0.2) is 72.8 Å². The van der Waals surface area contributed by atoms with Crippen LogP contribution in [0, 0.1) is 0 Å². The van der Waals surface area contributed by atoms with Crippen LogP contribution in [0.3, 0.4) is 0 Å². The summed E-state index contributed by atoms with van der Waals surface area (Å²) >= 11 is 6.48. The van der Waals surface area contributed by atoms with Gasteiger partial charge in [-0.05, 0) is 27.6 Å². The SMILES string of the molecule is Clc1nc2ccccc2c2c1ccc1ccc3ccccc3c12. The zero-order valence-corrected chi connectivity index (χ0v) is 13.0. The fourth-order valence-electron chi connectivity index (χ4n) is 3.50. The first-order chi connectivity index (χ1) is 11.3. The third-order valence-corrected chi connectivity index (χ3v) is 4.81. The largest absolute Gasteiger partial charge is 0.235 e. The Bertz CT molecular complexity index is 1220. The number of hydrogen-bond acceptors (Lipinski definition) is 1. The molecule has 0 N–H and O–H groups in total. The van der Waals surface area contributed by atoms with Crippen molar-refractivity contribution in [1.29, 1.82) is 0 Å². The van der Waals surface area contributed by atoms with Crippen molar-refractivity contribution >= 4 is 54.8 Å². The molecule has 0 atom stereocenters. The molecule has 1 heterocycles. The highest BCUT2D eigenvalue weighted by Crippen LogP contribution is 2.38. The van der Waals surface area contributed by atoms with Gasteiger partial charge < -0.3 is 0 Å². The molecule has 23 heavy (non-hydrogen) atoms. The van der Waals surface area contributed by atoms with E-state index in [2.05, 4.69) is 65.6 Å². The number of rotatable bonds is 0. The molecule has 5 rings (SSSR count). The van der Waals surface area contributed by atoms with Crippen molar-refractivity contribution in [2.75, 3.05) is 0 Å². The van der Waals surface area contributed by atoms with Gasteiger partial charge in [0.2, 0.25) is 0 Å². The summed E-state index contributed by atoms with van der Waals surface area (Å²) in [4.78, 5) is 4.56. The minimum absolute atomic E-state index is 0.563. The fraction of sp³-hybridized carbons (Fsp3) is 0. The lowest BCUT2D eigenvalue weighted by Crippen LogP contribution is -1.87. The van der Waals surface area contributed by atoms with E-state index in [1.807, 2.05) is 12.1 Å². The van der Waals surface area contributed by atoms with Gasteiger partial charge >= 0.3 is 0 Å². The number of hydrogen-bond donors (Lipinski definition) is 0. The number of fused-ring (bicyclic) bond motifs is 7. The molecule has 0 radical (unpaired) electrons. The number of benzene rings is 4. The lowest BCUT2D eigenvalue weighted by atomic mass is 9.95. The molecule has 4 aromatic carbocycles. The smallest absolute Gasteiger partial charge is 0.137 e. The van der Waals surface area contributed by atoms with Crippen molar-refractivity contribution in [3.8, 4) is 0 Å². The van der Waals surface area contributed by atoms with Gasteiger partial charge in [0.1, 0.15) is 5.15 Å². The van der Waals surface area contributed by atoms with Crippen LogP contribution in [0.2, 0.25) is 5.15 Å². The molecule has 0 aliphatic carbocycles. The van der Waals surface area contributed by atoms with Gasteiger partial charge in [-0.25, -0.2) is 4.98 Å². The molecule has 0 spiro atoms. The van der Waals surface area contributed by atoms with Crippen molar-refractivity contribution in [2.45, 2.75) is 0 Å². The van der Waals surface area contributed by atoms with Gasteiger partial charge in [0.15, 0.2) is 0 Å². The lowest BCUT2D eigenvalue weighted by Gasteiger charge is -2.11. The molecule has 0 fully saturated rings. The number of halogens is 1. The number of pyridine rings is 1. The van der Waals surface area contributed by atoms with Gasteiger partial charge in [0.05, 0.1) is 5.52 Å². The van der Waals surface area contributed by atoms with Crippen LogP contribution < -0.4 is 0 Å². The van der Waals surface area contributed by atoms with E-state index in [-0.39, 0.29) is 0 Å². The molecule has 2 heteroatoms. The number of para-hydroxylation sites is 1. The highest BCUT2D eigenvalue weighted by atomic mass is 35.5. The van der Waals surface area contributed by atoms with Gasteiger partial charge in [-0.3, -0.25) is 0 Å². The second-order valence-corrected chi connectivity index (χ2v) is 6.15. The third-order valence-electron chi connectivity index (χ3n) is 4.52. The molecule has 0 aliphatic rings. The van der Waals surface area contributed by atoms with E-state index in [0.29, 0.717) is 5.15 Å². The summed E-state index contributed by atoms with van der Waals surface area (Å²) in [5.74, 6) is 0. The fourth-order valence-corrected chi connectivity index (χ4v) is 3.75. The minimum Gasteiger partial charge on any atom is -0.235 e. The Morgan fingerprint density at radius 2 is 1.26 bits per heavy atom. The number of aromatic nitrogens is 1. The van der Waals surface area contributed by atoms with E-state index in [4.69, 9.17) is 11.6 Å². The van der Waals surface area contributed by atoms with Gasteiger partial charge in [-0.1, -0.05) is 78.3 Å². The predicted octanol–water partition coefficient (Wildman–Crippen LogP) is 6.35. The Morgan fingerprint density at radius 1 is 0.565 bits per heavy atom. The first-order valence-electron chi connectivity index (χ1n) is 7.61. The van der Waals surface area contributed by atoms with E-state index in [1.54, 1.807) is 0 Å². The van der Waals surface area contributed by atoms with Crippen LogP contribution in [0.4, 0.5) is 0 Å². The summed E-state index contributed by atoms with van der Waals surface area (Å²) in [6.45, 7) is 0. The maximum Gasteiger partial charge on any atom is 0.137 e. The average molecular weight is 314 g/mol. The van der Waals surface area contributed by atoms with Crippen molar-refractivity contribution in [3.05, 3.63) is 77.9 Å². The second-order valence-electron chi connectivity index (χ2n) is 5.79. The summed E-state index contributed by atoms with van der Waals surface area (Å²) in [5, 5.41) is 8.88. The molecule has 5 aromatic rings. The standard InChI is InChI=1S/C21H12ClN/c22-21-17-12-11-14-10-9-13-5-1-2-6-15(13)19(14)20(17)16-7-3-4-8-18(16)23-21/h1-12H. The average Bonchev–Trinajstić information content (AvgIpc) is 2.61. The zero-order valence-electron chi connectivity index (χ0n) is 12.3. The second kappa shape index (κ2) is 4.68. The van der Waals surface area contributed by atoms with Crippen molar-refractivity contribution < 1.29 is 0 Å².